The van der Waals surface area contributed by atoms with Gasteiger partial charge in [0.15, 0.2) is 0 Å². The van der Waals surface area contributed by atoms with Gasteiger partial charge in [-0.3, -0.25) is 9.89 Å². The van der Waals surface area contributed by atoms with Crippen LogP contribution in [0.2, 0.25) is 0 Å². The number of piperidine rings is 1. The second-order valence-electron chi connectivity index (χ2n) is 6.44. The van der Waals surface area contributed by atoms with Gasteiger partial charge in [0.2, 0.25) is 0 Å². The number of aryl methyl sites for hydroxylation is 1. The molecule has 0 radical (unpaired) electrons. The van der Waals surface area contributed by atoms with Crippen molar-refractivity contribution in [3.8, 4) is 0 Å². The molecule has 0 spiro atoms. The number of nitrogens with one attached hydrogen (secondary N) is 3. The minimum atomic E-state index is -0.353. The van der Waals surface area contributed by atoms with Crippen molar-refractivity contribution >= 4 is 23.3 Å². The number of likely N-dealkylation sites (tertiary alicyclic amines) is 1. The van der Waals surface area contributed by atoms with E-state index in [-0.39, 0.29) is 18.0 Å². The van der Waals surface area contributed by atoms with Gasteiger partial charge in [0.25, 0.3) is 5.91 Å². The first-order valence-electron chi connectivity index (χ1n) is 8.53. The van der Waals surface area contributed by atoms with Crippen molar-refractivity contribution in [3.05, 3.63) is 41.7 Å². The second-order valence-corrected chi connectivity index (χ2v) is 6.44. The van der Waals surface area contributed by atoms with E-state index >= 15 is 0 Å². The minimum absolute atomic E-state index is 0.0599. The largest absolute Gasteiger partial charge is 0.336 e. The number of carbonyl (C=O) groups excluding carboxylic acids is 2. The van der Waals surface area contributed by atoms with E-state index < -0.39 is 0 Å². The summed E-state index contributed by atoms with van der Waals surface area (Å²) in [4.78, 5) is 26.7. The molecule has 3 N–H and O–H groups in total. The van der Waals surface area contributed by atoms with Crippen LogP contribution in [0.1, 0.15) is 42.1 Å². The van der Waals surface area contributed by atoms with Crippen LogP contribution < -0.4 is 10.6 Å². The first-order chi connectivity index (χ1) is 12.0. The standard InChI is InChI=1S/C18H23N5O2/c1-12-9-14(17(24)23-8-4-3-5-13(23)2)6-7-16(12)22-18(25)21-15-10-19-20-11-15/h6-7,9-11,13H,3-5,8H2,1-2H3,(H,19,20)(H2,21,22,25)/t13-/m1/s1. The Morgan fingerprint density at radius 3 is 2.80 bits per heavy atom. The average Bonchev–Trinajstić information content (AvgIpc) is 3.09. The van der Waals surface area contributed by atoms with Crippen LogP contribution >= 0.6 is 0 Å². The van der Waals surface area contributed by atoms with Gasteiger partial charge >= 0.3 is 6.03 Å². The first kappa shape index (κ1) is 17.0. The summed E-state index contributed by atoms with van der Waals surface area (Å²) in [6.07, 6.45) is 6.40. The number of anilines is 2. The molecule has 0 bridgehead atoms. The number of hydrogen-bond donors (Lipinski definition) is 3. The van der Waals surface area contributed by atoms with Gasteiger partial charge in [-0.25, -0.2) is 4.79 Å². The maximum atomic E-state index is 12.7. The molecule has 2 aromatic rings. The summed E-state index contributed by atoms with van der Waals surface area (Å²) in [6, 6.07) is 5.29. The Morgan fingerprint density at radius 2 is 2.12 bits per heavy atom. The monoisotopic (exact) mass is 341 g/mol. The van der Waals surface area contributed by atoms with Gasteiger partial charge in [0.05, 0.1) is 11.9 Å². The number of H-pyrrole nitrogens is 1. The Bertz CT molecular complexity index is 757. The Balaban J connectivity index is 1.68. The molecule has 1 saturated heterocycles. The van der Waals surface area contributed by atoms with E-state index in [1.54, 1.807) is 18.3 Å². The summed E-state index contributed by atoms with van der Waals surface area (Å²) in [5, 5.41) is 11.9. The van der Waals surface area contributed by atoms with Crippen LogP contribution in [0, 0.1) is 6.92 Å². The van der Waals surface area contributed by atoms with E-state index in [2.05, 4.69) is 27.8 Å². The van der Waals surface area contributed by atoms with E-state index in [0.29, 0.717) is 16.9 Å². The Morgan fingerprint density at radius 1 is 1.28 bits per heavy atom. The molecule has 1 aromatic carbocycles. The molecule has 1 aliphatic rings. The lowest BCUT2D eigenvalue weighted by Crippen LogP contribution is -2.42. The van der Waals surface area contributed by atoms with Crippen molar-refractivity contribution in [1.29, 1.82) is 0 Å². The van der Waals surface area contributed by atoms with Crippen molar-refractivity contribution in [2.75, 3.05) is 17.2 Å². The third-order valence-corrected chi connectivity index (χ3v) is 4.54. The van der Waals surface area contributed by atoms with Gasteiger partial charge in [-0.05, 0) is 56.9 Å². The normalized spacial score (nSPS) is 17.2. The highest BCUT2D eigenvalue weighted by Gasteiger charge is 2.24. The number of hydrogen-bond acceptors (Lipinski definition) is 3. The maximum absolute atomic E-state index is 12.7. The number of nitrogens with zero attached hydrogens (tertiary/aromatic N) is 2. The third kappa shape index (κ3) is 3.99. The fourth-order valence-corrected chi connectivity index (χ4v) is 3.11. The highest BCUT2D eigenvalue weighted by molar-refractivity contribution is 6.01. The highest BCUT2D eigenvalue weighted by Crippen LogP contribution is 2.22. The molecule has 1 atom stereocenters. The zero-order chi connectivity index (χ0) is 17.8. The molecule has 3 amide bonds. The summed E-state index contributed by atoms with van der Waals surface area (Å²) in [6.45, 7) is 4.79. The number of urea groups is 1. The Hall–Kier alpha value is -2.83. The van der Waals surface area contributed by atoms with Gasteiger partial charge in [-0.15, -0.1) is 0 Å². The quantitative estimate of drug-likeness (QED) is 0.799. The smallest absolute Gasteiger partial charge is 0.323 e. The number of aromatic amines is 1. The van der Waals surface area contributed by atoms with Crippen molar-refractivity contribution in [2.45, 2.75) is 39.2 Å². The lowest BCUT2D eigenvalue weighted by molar-refractivity contribution is 0.0635. The number of amides is 3. The van der Waals surface area contributed by atoms with E-state index in [1.807, 2.05) is 17.9 Å². The zero-order valence-corrected chi connectivity index (χ0v) is 14.5. The molecule has 0 saturated carbocycles. The van der Waals surface area contributed by atoms with Crippen LogP contribution in [-0.4, -0.2) is 39.6 Å². The second kappa shape index (κ2) is 7.38. The molecule has 132 valence electrons. The van der Waals surface area contributed by atoms with Crippen LogP contribution in [0.5, 0.6) is 0 Å². The molecule has 1 fully saturated rings. The lowest BCUT2D eigenvalue weighted by Gasteiger charge is -2.33. The van der Waals surface area contributed by atoms with Crippen molar-refractivity contribution in [2.24, 2.45) is 0 Å². The predicted molar refractivity (Wildman–Crippen MR) is 96.8 cm³/mol. The molecule has 2 heterocycles. The fraction of sp³-hybridized carbons (Fsp3) is 0.389. The SMILES string of the molecule is Cc1cc(C(=O)N2CCCC[C@H]2C)ccc1NC(=O)Nc1cn[nH]c1. The van der Waals surface area contributed by atoms with Crippen LogP contribution in [0.25, 0.3) is 0 Å². The van der Waals surface area contributed by atoms with E-state index in [0.717, 1.165) is 24.9 Å². The topological polar surface area (TPSA) is 90.1 Å². The van der Waals surface area contributed by atoms with Crippen LogP contribution in [-0.2, 0) is 0 Å². The summed E-state index contributed by atoms with van der Waals surface area (Å²) in [7, 11) is 0. The molecule has 0 aliphatic carbocycles. The van der Waals surface area contributed by atoms with Crippen molar-refractivity contribution in [1.82, 2.24) is 15.1 Å². The number of carbonyl (C=O) groups is 2. The van der Waals surface area contributed by atoms with Gasteiger partial charge < -0.3 is 15.5 Å². The maximum Gasteiger partial charge on any atom is 0.323 e. The summed E-state index contributed by atoms with van der Waals surface area (Å²) in [5.74, 6) is 0.0599. The van der Waals surface area contributed by atoms with Gasteiger partial charge in [0.1, 0.15) is 0 Å². The molecule has 7 heteroatoms. The molecule has 1 aromatic heterocycles. The zero-order valence-electron chi connectivity index (χ0n) is 14.5. The predicted octanol–water partition coefficient (Wildman–Crippen LogP) is 3.38. The van der Waals surface area contributed by atoms with E-state index in [1.165, 1.54) is 12.6 Å². The summed E-state index contributed by atoms with van der Waals surface area (Å²) < 4.78 is 0. The molecule has 1 aliphatic heterocycles. The van der Waals surface area contributed by atoms with Gasteiger partial charge in [-0.2, -0.15) is 5.10 Å². The van der Waals surface area contributed by atoms with Crippen LogP contribution in [0.15, 0.2) is 30.6 Å². The number of aromatic nitrogens is 2. The van der Waals surface area contributed by atoms with Gasteiger partial charge in [0, 0.05) is 30.0 Å². The summed E-state index contributed by atoms with van der Waals surface area (Å²) >= 11 is 0. The highest BCUT2D eigenvalue weighted by atomic mass is 16.2. The molecule has 7 nitrogen and oxygen atoms in total. The lowest BCUT2D eigenvalue weighted by atomic mass is 10.0. The van der Waals surface area contributed by atoms with E-state index in [9.17, 15) is 9.59 Å². The van der Waals surface area contributed by atoms with Crippen molar-refractivity contribution in [3.63, 3.8) is 0 Å². The third-order valence-electron chi connectivity index (χ3n) is 4.54. The van der Waals surface area contributed by atoms with Crippen molar-refractivity contribution < 1.29 is 9.59 Å². The number of benzene rings is 1. The molecule has 0 unspecified atom stereocenters. The van der Waals surface area contributed by atoms with Crippen LogP contribution in [0.3, 0.4) is 0 Å². The van der Waals surface area contributed by atoms with E-state index in [4.69, 9.17) is 0 Å². The fourth-order valence-electron chi connectivity index (χ4n) is 3.11. The molecule has 25 heavy (non-hydrogen) atoms. The molecule has 3 rings (SSSR count). The first-order valence-corrected chi connectivity index (χ1v) is 8.53. The minimum Gasteiger partial charge on any atom is -0.336 e. The molecular formula is C18H23N5O2. The number of rotatable bonds is 3. The van der Waals surface area contributed by atoms with Gasteiger partial charge in [-0.1, -0.05) is 0 Å². The Labute approximate surface area is 146 Å². The van der Waals surface area contributed by atoms with Crippen LogP contribution in [0.4, 0.5) is 16.2 Å². The molecular weight excluding hydrogens is 318 g/mol. The average molecular weight is 341 g/mol. The summed E-state index contributed by atoms with van der Waals surface area (Å²) in [5.41, 5.74) is 2.76. The Kier molecular flexibility index (Phi) is 5.02.